The number of piperidine rings is 1. The van der Waals surface area contributed by atoms with Crippen LogP contribution < -0.4 is 16.4 Å². The second-order valence-electron chi connectivity index (χ2n) is 7.67. The molecule has 0 unspecified atom stereocenters. The SMILES string of the molecule is CN=C(NCCCOC1CCN(Cc2ccccc2)CC1)NCc1ccc(C(N)=O)o1.I. The van der Waals surface area contributed by atoms with E-state index in [4.69, 9.17) is 14.9 Å². The van der Waals surface area contributed by atoms with Crippen LogP contribution in [0.3, 0.4) is 0 Å². The Balaban J connectivity index is 0.00000363. The summed E-state index contributed by atoms with van der Waals surface area (Å²) in [6.45, 7) is 5.10. The molecule has 2 heterocycles. The number of amides is 1. The molecule has 2 aromatic rings. The van der Waals surface area contributed by atoms with Gasteiger partial charge in [0.2, 0.25) is 0 Å². The minimum atomic E-state index is -0.573. The number of halogens is 1. The third kappa shape index (κ3) is 8.79. The van der Waals surface area contributed by atoms with Gasteiger partial charge in [0, 0.05) is 39.8 Å². The van der Waals surface area contributed by atoms with Crippen LogP contribution in [0.4, 0.5) is 0 Å². The summed E-state index contributed by atoms with van der Waals surface area (Å²) in [5, 5.41) is 6.41. The largest absolute Gasteiger partial charge is 0.454 e. The van der Waals surface area contributed by atoms with Gasteiger partial charge in [-0.2, -0.15) is 0 Å². The molecule has 176 valence electrons. The number of hydrogen-bond acceptors (Lipinski definition) is 5. The van der Waals surface area contributed by atoms with Crippen LogP contribution in [0.5, 0.6) is 0 Å². The highest BCUT2D eigenvalue weighted by Gasteiger charge is 2.19. The van der Waals surface area contributed by atoms with Gasteiger partial charge in [0.1, 0.15) is 5.76 Å². The zero-order valence-electron chi connectivity index (χ0n) is 18.6. The van der Waals surface area contributed by atoms with Gasteiger partial charge < -0.3 is 25.5 Å². The number of carbonyl (C=O) groups excluding carboxylic acids is 1. The zero-order chi connectivity index (χ0) is 21.9. The zero-order valence-corrected chi connectivity index (χ0v) is 20.9. The molecule has 4 N–H and O–H groups in total. The quantitative estimate of drug-likeness (QED) is 0.180. The number of aliphatic imine (C=N–C) groups is 1. The average molecular weight is 555 g/mol. The molecule has 8 nitrogen and oxygen atoms in total. The molecule has 9 heteroatoms. The topological polar surface area (TPSA) is 105 Å². The summed E-state index contributed by atoms with van der Waals surface area (Å²) in [7, 11) is 1.71. The smallest absolute Gasteiger partial charge is 0.284 e. The Labute approximate surface area is 207 Å². The third-order valence-electron chi connectivity index (χ3n) is 5.31. The molecular weight excluding hydrogens is 521 g/mol. The fourth-order valence-corrected chi connectivity index (χ4v) is 3.60. The minimum Gasteiger partial charge on any atom is -0.454 e. The summed E-state index contributed by atoms with van der Waals surface area (Å²) < 4.78 is 11.4. The normalized spacial score (nSPS) is 15.2. The summed E-state index contributed by atoms with van der Waals surface area (Å²) in [6.07, 6.45) is 3.42. The summed E-state index contributed by atoms with van der Waals surface area (Å²) in [6, 6.07) is 13.9. The van der Waals surface area contributed by atoms with Crippen molar-refractivity contribution < 1.29 is 13.9 Å². The summed E-state index contributed by atoms with van der Waals surface area (Å²) in [4.78, 5) is 17.8. The van der Waals surface area contributed by atoms with E-state index in [-0.39, 0.29) is 29.7 Å². The second kappa shape index (κ2) is 14.1. The first-order chi connectivity index (χ1) is 15.1. The molecule has 32 heavy (non-hydrogen) atoms. The Hall–Kier alpha value is -2.11. The predicted molar refractivity (Wildman–Crippen MR) is 136 cm³/mol. The first-order valence-corrected chi connectivity index (χ1v) is 10.8. The fourth-order valence-electron chi connectivity index (χ4n) is 3.60. The molecule has 0 radical (unpaired) electrons. The number of hydrogen-bond donors (Lipinski definition) is 3. The van der Waals surface area contributed by atoms with Gasteiger partial charge in [0.05, 0.1) is 12.6 Å². The van der Waals surface area contributed by atoms with Crippen LogP contribution in [-0.4, -0.2) is 56.2 Å². The van der Waals surface area contributed by atoms with Crippen molar-refractivity contribution in [2.24, 2.45) is 10.7 Å². The minimum absolute atomic E-state index is 0. The summed E-state index contributed by atoms with van der Waals surface area (Å²) >= 11 is 0. The molecule has 1 amide bonds. The second-order valence-corrected chi connectivity index (χ2v) is 7.67. The van der Waals surface area contributed by atoms with Crippen molar-refractivity contribution >= 4 is 35.8 Å². The van der Waals surface area contributed by atoms with E-state index >= 15 is 0 Å². The highest BCUT2D eigenvalue weighted by Crippen LogP contribution is 2.16. The molecule has 3 rings (SSSR count). The van der Waals surface area contributed by atoms with E-state index in [1.54, 1.807) is 19.2 Å². The van der Waals surface area contributed by atoms with Gasteiger partial charge in [-0.15, -0.1) is 24.0 Å². The molecule has 1 fully saturated rings. The summed E-state index contributed by atoms with van der Waals surface area (Å²) in [5.41, 5.74) is 6.56. The molecule has 0 spiro atoms. The monoisotopic (exact) mass is 555 g/mol. The van der Waals surface area contributed by atoms with Crippen LogP contribution in [0, 0.1) is 0 Å². The predicted octanol–water partition coefficient (Wildman–Crippen LogP) is 2.73. The average Bonchev–Trinajstić information content (AvgIpc) is 3.27. The van der Waals surface area contributed by atoms with Gasteiger partial charge in [-0.25, -0.2) is 0 Å². The lowest BCUT2D eigenvalue weighted by molar-refractivity contribution is 0.00534. The lowest BCUT2D eigenvalue weighted by Crippen LogP contribution is -2.38. The molecule has 1 aromatic heterocycles. The molecule has 1 saturated heterocycles. The summed E-state index contributed by atoms with van der Waals surface area (Å²) in [5.74, 6) is 0.878. The van der Waals surface area contributed by atoms with Crippen molar-refractivity contribution in [3.63, 3.8) is 0 Å². The number of likely N-dealkylation sites (tertiary alicyclic amines) is 1. The number of benzene rings is 1. The van der Waals surface area contributed by atoms with E-state index in [9.17, 15) is 4.79 Å². The van der Waals surface area contributed by atoms with Crippen molar-refractivity contribution in [3.05, 3.63) is 59.5 Å². The standard InChI is InChI=1S/C23H33N5O3.HI/c1-25-23(27-16-20-8-9-21(31-20)22(24)29)26-12-5-15-30-19-10-13-28(14-11-19)17-18-6-3-2-4-7-18;/h2-4,6-9,19H,5,10-17H2,1H3,(H2,24,29)(H2,25,26,27);1H. The van der Waals surface area contributed by atoms with Crippen molar-refractivity contribution in [1.82, 2.24) is 15.5 Å². The molecule has 0 aliphatic carbocycles. The molecule has 0 atom stereocenters. The van der Waals surface area contributed by atoms with Crippen molar-refractivity contribution in [1.29, 1.82) is 0 Å². The maximum Gasteiger partial charge on any atom is 0.284 e. The van der Waals surface area contributed by atoms with Crippen LogP contribution in [-0.2, 0) is 17.8 Å². The number of ether oxygens (including phenoxy) is 1. The highest BCUT2D eigenvalue weighted by molar-refractivity contribution is 14.0. The van der Waals surface area contributed by atoms with E-state index in [1.807, 2.05) is 0 Å². The maximum atomic E-state index is 11.1. The van der Waals surface area contributed by atoms with Crippen LogP contribution in [0.2, 0.25) is 0 Å². The first kappa shape index (κ1) is 26.1. The van der Waals surface area contributed by atoms with Crippen molar-refractivity contribution in [3.8, 4) is 0 Å². The van der Waals surface area contributed by atoms with Crippen LogP contribution >= 0.6 is 24.0 Å². The molecule has 1 aromatic carbocycles. The molecule has 0 saturated carbocycles. The van der Waals surface area contributed by atoms with Gasteiger partial charge in [-0.1, -0.05) is 30.3 Å². The number of rotatable bonds is 10. The molecule has 0 bridgehead atoms. The number of nitrogens with two attached hydrogens (primary N) is 1. The lowest BCUT2D eigenvalue weighted by Gasteiger charge is -2.32. The van der Waals surface area contributed by atoms with E-state index in [2.05, 4.69) is 50.9 Å². The first-order valence-electron chi connectivity index (χ1n) is 10.8. The fraction of sp³-hybridized carbons (Fsp3) is 0.478. The Morgan fingerprint density at radius 1 is 1.19 bits per heavy atom. The van der Waals surface area contributed by atoms with Crippen molar-refractivity contribution in [2.45, 2.75) is 38.5 Å². The van der Waals surface area contributed by atoms with E-state index in [0.717, 1.165) is 52.0 Å². The number of nitrogens with zero attached hydrogens (tertiary/aromatic N) is 2. The Bertz CT molecular complexity index is 835. The Morgan fingerprint density at radius 3 is 2.59 bits per heavy atom. The number of primary amides is 1. The van der Waals surface area contributed by atoms with Gasteiger partial charge in [-0.3, -0.25) is 14.7 Å². The number of nitrogens with one attached hydrogen (secondary N) is 2. The lowest BCUT2D eigenvalue weighted by atomic mass is 10.1. The third-order valence-corrected chi connectivity index (χ3v) is 5.31. The van der Waals surface area contributed by atoms with Gasteiger partial charge in [0.15, 0.2) is 11.7 Å². The number of furan rings is 1. The maximum absolute atomic E-state index is 11.1. The molecular formula is C23H34IN5O3. The van der Waals surface area contributed by atoms with E-state index < -0.39 is 5.91 Å². The molecule has 1 aliphatic heterocycles. The van der Waals surface area contributed by atoms with Crippen LogP contribution in [0.15, 0.2) is 51.9 Å². The Kier molecular flexibility index (Phi) is 11.5. The van der Waals surface area contributed by atoms with Gasteiger partial charge in [-0.05, 0) is 37.0 Å². The van der Waals surface area contributed by atoms with Crippen LogP contribution in [0.25, 0.3) is 0 Å². The number of guanidine groups is 1. The number of carbonyl (C=O) groups is 1. The van der Waals surface area contributed by atoms with Crippen LogP contribution in [0.1, 0.15) is 41.1 Å². The molecule has 1 aliphatic rings. The van der Waals surface area contributed by atoms with Crippen molar-refractivity contribution in [2.75, 3.05) is 33.3 Å². The van der Waals surface area contributed by atoms with Gasteiger partial charge >= 0.3 is 0 Å². The van der Waals surface area contributed by atoms with E-state index in [1.165, 1.54) is 5.56 Å². The Morgan fingerprint density at radius 2 is 1.94 bits per heavy atom. The van der Waals surface area contributed by atoms with Gasteiger partial charge in [0.25, 0.3) is 5.91 Å². The highest BCUT2D eigenvalue weighted by atomic mass is 127. The van der Waals surface area contributed by atoms with E-state index in [0.29, 0.717) is 24.4 Å².